The summed E-state index contributed by atoms with van der Waals surface area (Å²) in [5, 5.41) is 0. The molecule has 0 saturated carbocycles. The summed E-state index contributed by atoms with van der Waals surface area (Å²) in [6.07, 6.45) is 8.15. The quantitative estimate of drug-likeness (QED) is 0.746. The molecule has 0 aromatic heterocycles. The van der Waals surface area contributed by atoms with Gasteiger partial charge in [-0.25, -0.2) is 0 Å². The van der Waals surface area contributed by atoms with E-state index in [-0.39, 0.29) is 0 Å². The van der Waals surface area contributed by atoms with E-state index in [2.05, 4.69) is 28.1 Å². The molecule has 0 spiro atoms. The molecule has 15 heavy (non-hydrogen) atoms. The molecule has 1 atom stereocenters. The lowest BCUT2D eigenvalue weighted by Gasteiger charge is -2.18. The van der Waals surface area contributed by atoms with Crippen LogP contribution in [0.4, 0.5) is 0 Å². The zero-order valence-corrected chi connectivity index (χ0v) is 10.2. The lowest BCUT2D eigenvalue weighted by Crippen LogP contribution is -2.13. The first-order valence-corrected chi connectivity index (χ1v) is 6.17. The molecule has 0 heterocycles. The van der Waals surface area contributed by atoms with Gasteiger partial charge in [-0.3, -0.25) is 0 Å². The van der Waals surface area contributed by atoms with Crippen LogP contribution in [0.3, 0.4) is 0 Å². The molecule has 0 amide bonds. The van der Waals surface area contributed by atoms with Crippen molar-refractivity contribution in [1.82, 2.24) is 0 Å². The molecule has 2 rings (SSSR count). The van der Waals surface area contributed by atoms with Crippen LogP contribution in [0.5, 0.6) is 5.75 Å². The van der Waals surface area contributed by atoms with Gasteiger partial charge in [-0.05, 0) is 49.4 Å². The highest BCUT2D eigenvalue weighted by Crippen LogP contribution is 2.21. The van der Waals surface area contributed by atoms with Crippen LogP contribution in [0.15, 0.2) is 40.9 Å². The molecule has 0 radical (unpaired) electrons. The summed E-state index contributed by atoms with van der Waals surface area (Å²) in [6.45, 7) is 0.839. The van der Waals surface area contributed by atoms with Gasteiger partial charge in [-0.1, -0.05) is 28.1 Å². The monoisotopic (exact) mass is 266 g/mol. The van der Waals surface area contributed by atoms with Crippen LogP contribution < -0.4 is 4.74 Å². The molecular formula is C13H15BrO. The fourth-order valence-electron chi connectivity index (χ4n) is 1.75. The third-order valence-electron chi connectivity index (χ3n) is 2.68. The summed E-state index contributed by atoms with van der Waals surface area (Å²) in [4.78, 5) is 0. The van der Waals surface area contributed by atoms with Gasteiger partial charge in [-0.15, -0.1) is 0 Å². The van der Waals surface area contributed by atoms with Gasteiger partial charge in [0.25, 0.3) is 0 Å². The van der Waals surface area contributed by atoms with Gasteiger partial charge < -0.3 is 4.74 Å². The Kier molecular flexibility index (Phi) is 3.84. The third kappa shape index (κ3) is 3.38. The molecule has 1 nitrogen and oxygen atoms in total. The molecule has 1 aliphatic carbocycles. The van der Waals surface area contributed by atoms with Gasteiger partial charge in [0.15, 0.2) is 0 Å². The summed E-state index contributed by atoms with van der Waals surface area (Å²) < 4.78 is 6.84. The largest absolute Gasteiger partial charge is 0.493 e. The Hall–Kier alpha value is -0.760. The molecule has 1 aliphatic rings. The van der Waals surface area contributed by atoms with Gasteiger partial charge in [0.2, 0.25) is 0 Å². The molecule has 1 aromatic carbocycles. The van der Waals surface area contributed by atoms with E-state index in [0.29, 0.717) is 5.92 Å². The van der Waals surface area contributed by atoms with Crippen LogP contribution in [-0.2, 0) is 0 Å². The Morgan fingerprint density at radius 1 is 1.20 bits per heavy atom. The van der Waals surface area contributed by atoms with Crippen LogP contribution in [-0.4, -0.2) is 6.61 Å². The average molecular weight is 267 g/mol. The highest BCUT2D eigenvalue weighted by atomic mass is 79.9. The SMILES string of the molecule is Brc1ccc(OCC2CC=CCC2)cc1. The summed E-state index contributed by atoms with van der Waals surface area (Å²) in [5.41, 5.74) is 0. The highest BCUT2D eigenvalue weighted by Gasteiger charge is 2.10. The first-order chi connectivity index (χ1) is 7.34. The molecule has 2 heteroatoms. The first kappa shape index (κ1) is 10.7. The van der Waals surface area contributed by atoms with Crippen molar-refractivity contribution < 1.29 is 4.74 Å². The number of ether oxygens (including phenoxy) is 1. The third-order valence-corrected chi connectivity index (χ3v) is 3.21. The highest BCUT2D eigenvalue weighted by molar-refractivity contribution is 9.10. The van der Waals surface area contributed by atoms with Crippen LogP contribution in [0, 0.1) is 5.92 Å². The van der Waals surface area contributed by atoms with Crippen molar-refractivity contribution in [2.24, 2.45) is 5.92 Å². The number of benzene rings is 1. The number of halogens is 1. The van der Waals surface area contributed by atoms with Crippen LogP contribution in [0.25, 0.3) is 0 Å². The maximum atomic E-state index is 5.75. The van der Waals surface area contributed by atoms with Gasteiger partial charge in [-0.2, -0.15) is 0 Å². The zero-order chi connectivity index (χ0) is 10.5. The van der Waals surface area contributed by atoms with E-state index in [4.69, 9.17) is 4.74 Å². The molecule has 0 bridgehead atoms. The summed E-state index contributed by atoms with van der Waals surface area (Å²) in [6, 6.07) is 8.03. The molecule has 0 saturated heterocycles. The predicted octanol–water partition coefficient (Wildman–Crippen LogP) is 4.18. The molecule has 0 aliphatic heterocycles. The van der Waals surface area contributed by atoms with E-state index < -0.39 is 0 Å². The minimum atomic E-state index is 0.693. The second-order valence-corrected chi connectivity index (χ2v) is 4.83. The first-order valence-electron chi connectivity index (χ1n) is 5.38. The smallest absolute Gasteiger partial charge is 0.119 e. The fraction of sp³-hybridized carbons (Fsp3) is 0.385. The van der Waals surface area contributed by atoms with Crippen molar-refractivity contribution in [3.63, 3.8) is 0 Å². The second kappa shape index (κ2) is 5.36. The fourth-order valence-corrected chi connectivity index (χ4v) is 2.02. The molecule has 80 valence electrons. The van der Waals surface area contributed by atoms with Gasteiger partial charge in [0.05, 0.1) is 6.61 Å². The lowest BCUT2D eigenvalue weighted by molar-refractivity contribution is 0.239. The van der Waals surface area contributed by atoms with Crippen molar-refractivity contribution in [1.29, 1.82) is 0 Å². The number of hydrogen-bond acceptors (Lipinski definition) is 1. The summed E-state index contributed by atoms with van der Waals surface area (Å²) in [7, 11) is 0. The average Bonchev–Trinajstić information content (AvgIpc) is 2.30. The van der Waals surface area contributed by atoms with Gasteiger partial charge in [0.1, 0.15) is 5.75 Å². The van der Waals surface area contributed by atoms with Crippen molar-refractivity contribution in [2.45, 2.75) is 19.3 Å². The standard InChI is InChI=1S/C13H15BrO/c14-12-6-8-13(9-7-12)15-10-11-4-2-1-3-5-11/h1-2,6-9,11H,3-5,10H2. The zero-order valence-electron chi connectivity index (χ0n) is 8.66. The van der Waals surface area contributed by atoms with Gasteiger partial charge >= 0.3 is 0 Å². The molecule has 1 unspecified atom stereocenters. The maximum Gasteiger partial charge on any atom is 0.119 e. The van der Waals surface area contributed by atoms with E-state index in [1.807, 2.05) is 24.3 Å². The predicted molar refractivity (Wildman–Crippen MR) is 66.1 cm³/mol. The van der Waals surface area contributed by atoms with Crippen molar-refractivity contribution in [3.8, 4) is 5.75 Å². The Bertz CT molecular complexity index is 329. The minimum absolute atomic E-state index is 0.693. The second-order valence-electron chi connectivity index (χ2n) is 3.92. The van der Waals surface area contributed by atoms with Crippen molar-refractivity contribution in [3.05, 3.63) is 40.9 Å². The number of rotatable bonds is 3. The maximum absolute atomic E-state index is 5.75. The molecule has 1 aromatic rings. The lowest BCUT2D eigenvalue weighted by atomic mass is 9.95. The van der Waals surface area contributed by atoms with Crippen molar-refractivity contribution >= 4 is 15.9 Å². The van der Waals surface area contributed by atoms with E-state index in [9.17, 15) is 0 Å². The van der Waals surface area contributed by atoms with E-state index >= 15 is 0 Å². The van der Waals surface area contributed by atoms with Crippen molar-refractivity contribution in [2.75, 3.05) is 6.61 Å². The number of hydrogen-bond donors (Lipinski definition) is 0. The van der Waals surface area contributed by atoms with Crippen LogP contribution >= 0.6 is 15.9 Å². The summed E-state index contributed by atoms with van der Waals surface area (Å²) in [5.74, 6) is 1.66. The molecular weight excluding hydrogens is 252 g/mol. The normalized spacial score (nSPS) is 20.2. The van der Waals surface area contributed by atoms with E-state index in [0.717, 1.165) is 23.2 Å². The van der Waals surface area contributed by atoms with Gasteiger partial charge in [0, 0.05) is 4.47 Å². The Morgan fingerprint density at radius 2 is 2.00 bits per heavy atom. The topological polar surface area (TPSA) is 9.23 Å². The Balaban J connectivity index is 1.82. The van der Waals surface area contributed by atoms with E-state index in [1.165, 1.54) is 12.8 Å². The minimum Gasteiger partial charge on any atom is -0.493 e. The van der Waals surface area contributed by atoms with E-state index in [1.54, 1.807) is 0 Å². The Morgan fingerprint density at radius 3 is 2.67 bits per heavy atom. The molecule has 0 fully saturated rings. The summed E-state index contributed by atoms with van der Waals surface area (Å²) >= 11 is 3.41. The molecule has 0 N–H and O–H groups in total. The van der Waals surface area contributed by atoms with Crippen LogP contribution in [0.2, 0.25) is 0 Å². The number of allylic oxidation sites excluding steroid dienone is 2. The Labute approximate surface area is 99.3 Å². The van der Waals surface area contributed by atoms with Crippen LogP contribution in [0.1, 0.15) is 19.3 Å².